The second kappa shape index (κ2) is 8.36. The van der Waals surface area contributed by atoms with E-state index in [1.165, 1.54) is 0 Å². The Bertz CT molecular complexity index is 602. The summed E-state index contributed by atoms with van der Waals surface area (Å²) in [6, 6.07) is 9.71. The van der Waals surface area contributed by atoms with Gasteiger partial charge in [0.15, 0.2) is 11.5 Å². The number of nitrogens with one attached hydrogen (secondary N) is 1. The topological polar surface area (TPSA) is 69.4 Å². The number of nitrogens with zero attached hydrogens (tertiary/aromatic N) is 1. The van der Waals surface area contributed by atoms with E-state index in [9.17, 15) is 0 Å². The minimum absolute atomic E-state index is 0.464. The van der Waals surface area contributed by atoms with Crippen LogP contribution in [0.4, 0.5) is 0 Å². The van der Waals surface area contributed by atoms with Crippen molar-refractivity contribution in [3.05, 3.63) is 53.3 Å². The van der Waals surface area contributed by atoms with Gasteiger partial charge in [-0.1, -0.05) is 12.1 Å². The molecule has 0 unspecified atom stereocenters. The van der Waals surface area contributed by atoms with Gasteiger partial charge in [-0.2, -0.15) is 0 Å². The summed E-state index contributed by atoms with van der Waals surface area (Å²) in [7, 11) is 3.56. The molecule has 0 bridgehead atoms. The van der Waals surface area contributed by atoms with Gasteiger partial charge in [-0.05, 0) is 30.8 Å². The summed E-state index contributed by atoms with van der Waals surface area (Å²) in [4.78, 5) is 4.43. The molecule has 1 aromatic carbocycles. The molecule has 5 heteroatoms. The molecule has 2 rings (SSSR count). The average molecular weight is 301 g/mol. The maximum Gasteiger partial charge on any atom is 0.161 e. The highest BCUT2D eigenvalue weighted by Gasteiger charge is 2.08. The van der Waals surface area contributed by atoms with Gasteiger partial charge in [0.25, 0.3) is 0 Å². The number of hydrogen-bond acceptors (Lipinski definition) is 5. The first-order valence-electron chi connectivity index (χ1n) is 7.35. The molecule has 0 saturated carbocycles. The molecule has 0 aliphatic heterocycles. The molecular weight excluding hydrogens is 278 g/mol. The molecule has 0 radical (unpaired) electrons. The van der Waals surface area contributed by atoms with Crippen LogP contribution in [-0.2, 0) is 19.6 Å². The Morgan fingerprint density at radius 3 is 2.82 bits per heavy atom. The lowest BCUT2D eigenvalue weighted by Crippen LogP contribution is -2.13. The van der Waals surface area contributed by atoms with E-state index in [2.05, 4.69) is 10.3 Å². The molecule has 22 heavy (non-hydrogen) atoms. The van der Waals surface area contributed by atoms with E-state index in [1.54, 1.807) is 7.11 Å². The van der Waals surface area contributed by atoms with Crippen LogP contribution in [-0.4, -0.2) is 25.7 Å². The second-order valence-corrected chi connectivity index (χ2v) is 4.94. The second-order valence-electron chi connectivity index (χ2n) is 4.94. The summed E-state index contributed by atoms with van der Waals surface area (Å²) in [5, 5.41) is 3.14. The highest BCUT2D eigenvalue weighted by molar-refractivity contribution is 5.43. The summed E-state index contributed by atoms with van der Waals surface area (Å²) < 4.78 is 11.3. The van der Waals surface area contributed by atoms with Crippen molar-refractivity contribution in [1.29, 1.82) is 0 Å². The molecule has 0 atom stereocenters. The van der Waals surface area contributed by atoms with E-state index in [0.29, 0.717) is 24.7 Å². The van der Waals surface area contributed by atoms with Crippen LogP contribution >= 0.6 is 0 Å². The summed E-state index contributed by atoms with van der Waals surface area (Å²) >= 11 is 0. The zero-order valence-electron chi connectivity index (χ0n) is 13.1. The third-order valence-corrected chi connectivity index (χ3v) is 3.44. The van der Waals surface area contributed by atoms with Gasteiger partial charge in [0, 0.05) is 37.0 Å². The Balaban J connectivity index is 2.10. The van der Waals surface area contributed by atoms with Crippen molar-refractivity contribution in [2.75, 3.05) is 20.7 Å². The normalized spacial score (nSPS) is 10.5. The van der Waals surface area contributed by atoms with Gasteiger partial charge >= 0.3 is 0 Å². The van der Waals surface area contributed by atoms with Crippen LogP contribution in [0.15, 0.2) is 36.5 Å². The number of nitrogens with two attached hydrogens (primary N) is 1. The predicted molar refractivity (Wildman–Crippen MR) is 87.1 cm³/mol. The number of hydrogen-bond donors (Lipinski definition) is 2. The number of likely N-dealkylation sites (N-methyl/N-ethyl adjacent to an activating group) is 1. The number of pyridine rings is 1. The maximum absolute atomic E-state index is 5.91. The molecular formula is C17H23N3O2. The van der Waals surface area contributed by atoms with Crippen LogP contribution in [0.2, 0.25) is 0 Å². The Morgan fingerprint density at radius 1 is 1.23 bits per heavy atom. The first-order valence-corrected chi connectivity index (χ1v) is 7.35. The summed E-state index contributed by atoms with van der Waals surface area (Å²) in [6.07, 6.45) is 2.68. The van der Waals surface area contributed by atoms with Crippen molar-refractivity contribution in [2.24, 2.45) is 5.73 Å². The van der Waals surface area contributed by atoms with Gasteiger partial charge in [-0.3, -0.25) is 4.98 Å². The van der Waals surface area contributed by atoms with Crippen LogP contribution in [0.5, 0.6) is 11.5 Å². The zero-order valence-corrected chi connectivity index (χ0v) is 13.1. The third-order valence-electron chi connectivity index (χ3n) is 3.44. The van der Waals surface area contributed by atoms with Gasteiger partial charge in [0.05, 0.1) is 7.11 Å². The fourth-order valence-electron chi connectivity index (χ4n) is 2.18. The lowest BCUT2D eigenvalue weighted by atomic mass is 10.1. The highest BCUT2D eigenvalue weighted by atomic mass is 16.5. The van der Waals surface area contributed by atoms with E-state index >= 15 is 0 Å². The Labute approximate surface area is 131 Å². The van der Waals surface area contributed by atoms with Crippen LogP contribution in [0.1, 0.15) is 16.8 Å². The van der Waals surface area contributed by atoms with E-state index < -0.39 is 0 Å². The quantitative estimate of drug-likeness (QED) is 0.779. The van der Waals surface area contributed by atoms with Gasteiger partial charge < -0.3 is 20.5 Å². The van der Waals surface area contributed by atoms with Gasteiger partial charge in [0.2, 0.25) is 0 Å². The molecule has 5 nitrogen and oxygen atoms in total. The van der Waals surface area contributed by atoms with E-state index in [1.807, 2.05) is 43.6 Å². The summed E-state index contributed by atoms with van der Waals surface area (Å²) in [5.41, 5.74) is 8.79. The van der Waals surface area contributed by atoms with Gasteiger partial charge in [0.1, 0.15) is 6.61 Å². The number of methoxy groups -OCH3 is 1. The maximum atomic E-state index is 5.91. The fraction of sp³-hybridized carbons (Fsp3) is 0.353. The summed E-state index contributed by atoms with van der Waals surface area (Å²) in [6.45, 7) is 1.83. The number of ether oxygens (including phenoxy) is 2. The Hall–Kier alpha value is -2.11. The van der Waals surface area contributed by atoms with E-state index in [0.717, 1.165) is 29.8 Å². The molecule has 0 amide bonds. The van der Waals surface area contributed by atoms with E-state index in [4.69, 9.17) is 15.2 Å². The average Bonchev–Trinajstić information content (AvgIpc) is 2.58. The summed E-state index contributed by atoms with van der Waals surface area (Å²) in [5.74, 6) is 1.41. The molecule has 0 aliphatic rings. The van der Waals surface area contributed by atoms with Crippen LogP contribution < -0.4 is 20.5 Å². The standard InChI is InChI=1S/C17H23N3O2/c1-19-9-7-15-14(4-3-8-20-15)12-22-16-6-5-13(11-18)10-17(16)21-2/h3-6,8,10,19H,7,9,11-12,18H2,1-2H3. The minimum atomic E-state index is 0.464. The molecule has 118 valence electrons. The lowest BCUT2D eigenvalue weighted by molar-refractivity contribution is 0.283. The smallest absolute Gasteiger partial charge is 0.161 e. The predicted octanol–water partition coefficient (Wildman–Crippen LogP) is 1.89. The molecule has 1 heterocycles. The molecule has 1 aromatic heterocycles. The zero-order chi connectivity index (χ0) is 15.8. The molecule has 2 aromatic rings. The van der Waals surface area contributed by atoms with Gasteiger partial charge in [-0.15, -0.1) is 0 Å². The molecule has 0 saturated heterocycles. The van der Waals surface area contributed by atoms with Crippen LogP contribution in [0.25, 0.3) is 0 Å². The first-order chi connectivity index (χ1) is 10.8. The Morgan fingerprint density at radius 2 is 2.09 bits per heavy atom. The van der Waals surface area contributed by atoms with Crippen molar-refractivity contribution < 1.29 is 9.47 Å². The number of aromatic nitrogens is 1. The highest BCUT2D eigenvalue weighted by Crippen LogP contribution is 2.28. The SMILES string of the molecule is CNCCc1ncccc1COc1ccc(CN)cc1OC. The Kier molecular flexibility index (Phi) is 6.18. The monoisotopic (exact) mass is 301 g/mol. The third kappa shape index (κ3) is 4.19. The van der Waals surface area contributed by atoms with Crippen molar-refractivity contribution >= 4 is 0 Å². The van der Waals surface area contributed by atoms with Crippen molar-refractivity contribution in [3.63, 3.8) is 0 Å². The van der Waals surface area contributed by atoms with Crippen molar-refractivity contribution in [2.45, 2.75) is 19.6 Å². The minimum Gasteiger partial charge on any atom is -0.493 e. The first kappa shape index (κ1) is 16.3. The van der Waals surface area contributed by atoms with Gasteiger partial charge in [-0.25, -0.2) is 0 Å². The van der Waals surface area contributed by atoms with Crippen molar-refractivity contribution in [3.8, 4) is 11.5 Å². The van der Waals surface area contributed by atoms with Crippen LogP contribution in [0.3, 0.4) is 0 Å². The molecule has 0 aliphatic carbocycles. The van der Waals surface area contributed by atoms with Crippen LogP contribution in [0, 0.1) is 0 Å². The lowest BCUT2D eigenvalue weighted by Gasteiger charge is -2.13. The number of rotatable bonds is 8. The van der Waals surface area contributed by atoms with E-state index in [-0.39, 0.29) is 0 Å². The molecule has 0 spiro atoms. The largest absolute Gasteiger partial charge is 0.493 e. The number of benzene rings is 1. The molecule has 0 fully saturated rings. The van der Waals surface area contributed by atoms with Crippen molar-refractivity contribution in [1.82, 2.24) is 10.3 Å². The fourth-order valence-corrected chi connectivity index (χ4v) is 2.18. The molecule has 3 N–H and O–H groups in total.